The summed E-state index contributed by atoms with van der Waals surface area (Å²) in [5, 5.41) is 30.3. The molecule has 2 aliphatic rings. The van der Waals surface area contributed by atoms with Gasteiger partial charge in [-0.2, -0.15) is 0 Å². The lowest BCUT2D eigenvalue weighted by Crippen LogP contribution is -2.49. The molecular formula is C17H21FN6O4. The topological polar surface area (TPSA) is 133 Å². The van der Waals surface area contributed by atoms with Crippen LogP contribution < -0.4 is 5.32 Å². The molecule has 0 amide bonds. The molecule has 1 aromatic heterocycles. The summed E-state index contributed by atoms with van der Waals surface area (Å²) in [6, 6.07) is 7.24. The van der Waals surface area contributed by atoms with Crippen molar-refractivity contribution < 1.29 is 24.2 Å². The van der Waals surface area contributed by atoms with Gasteiger partial charge in [-0.1, -0.05) is 12.1 Å². The predicted octanol–water partition coefficient (Wildman–Crippen LogP) is 0.125. The van der Waals surface area contributed by atoms with Gasteiger partial charge in [0.2, 0.25) is 0 Å². The fraction of sp³-hybridized carbons (Fsp3) is 0.471. The number of tetrazole rings is 1. The molecule has 0 spiro atoms. The third kappa shape index (κ3) is 4.49. The third-order valence-electron chi connectivity index (χ3n) is 4.85. The van der Waals surface area contributed by atoms with Crippen LogP contribution >= 0.6 is 0 Å². The summed E-state index contributed by atoms with van der Waals surface area (Å²) < 4.78 is 15.1. The van der Waals surface area contributed by atoms with Crippen LogP contribution in [0.2, 0.25) is 0 Å². The number of aromatic nitrogens is 4. The van der Waals surface area contributed by atoms with Crippen LogP contribution in [0, 0.1) is 5.82 Å². The first-order valence-corrected chi connectivity index (χ1v) is 8.91. The highest BCUT2D eigenvalue weighted by molar-refractivity contribution is 6.27. The Kier molecular flexibility index (Phi) is 6.26. The Hall–Kier alpha value is -2.92. The van der Waals surface area contributed by atoms with E-state index in [2.05, 4.69) is 25.7 Å². The van der Waals surface area contributed by atoms with E-state index in [1.54, 1.807) is 0 Å². The molecule has 1 atom stereocenters. The molecule has 11 heteroatoms. The van der Waals surface area contributed by atoms with Gasteiger partial charge in [0.25, 0.3) is 0 Å². The number of hydrogen-bond acceptors (Lipinski definition) is 7. The minimum Gasteiger partial charge on any atom is -0.473 e. The van der Waals surface area contributed by atoms with Crippen molar-refractivity contribution in [2.24, 2.45) is 0 Å². The minimum absolute atomic E-state index is 0.00690. The van der Waals surface area contributed by atoms with Crippen LogP contribution in [-0.4, -0.2) is 72.9 Å². The summed E-state index contributed by atoms with van der Waals surface area (Å²) in [5.41, 5.74) is 1.05. The molecule has 3 heterocycles. The number of nitrogens with one attached hydrogen (secondary N) is 1. The Morgan fingerprint density at radius 3 is 2.32 bits per heavy atom. The summed E-state index contributed by atoms with van der Waals surface area (Å²) >= 11 is 0. The Morgan fingerprint density at radius 1 is 1.07 bits per heavy atom. The fourth-order valence-electron chi connectivity index (χ4n) is 3.57. The van der Waals surface area contributed by atoms with E-state index in [1.165, 1.54) is 12.1 Å². The van der Waals surface area contributed by atoms with Gasteiger partial charge in [-0.15, -0.1) is 5.10 Å². The number of carboxylic acids is 2. The van der Waals surface area contributed by atoms with Gasteiger partial charge >= 0.3 is 11.9 Å². The number of aliphatic carboxylic acids is 2. The lowest BCUT2D eigenvalue weighted by molar-refractivity contribution is -0.159. The van der Waals surface area contributed by atoms with Crippen molar-refractivity contribution in [3.05, 3.63) is 41.5 Å². The molecule has 0 aliphatic carbocycles. The van der Waals surface area contributed by atoms with Crippen molar-refractivity contribution in [3.63, 3.8) is 0 Å². The van der Waals surface area contributed by atoms with E-state index in [0.29, 0.717) is 6.04 Å². The fourth-order valence-corrected chi connectivity index (χ4v) is 3.57. The second kappa shape index (κ2) is 8.85. The third-order valence-corrected chi connectivity index (χ3v) is 4.85. The predicted molar refractivity (Wildman–Crippen MR) is 93.9 cm³/mol. The summed E-state index contributed by atoms with van der Waals surface area (Å²) in [5.74, 6) is -3.01. The zero-order valence-corrected chi connectivity index (χ0v) is 15.0. The van der Waals surface area contributed by atoms with Crippen molar-refractivity contribution in [1.82, 2.24) is 30.4 Å². The maximum atomic E-state index is 13.3. The molecule has 4 rings (SSSR count). The minimum atomic E-state index is -1.82. The number of carbonyl (C=O) groups is 2. The molecule has 3 N–H and O–H groups in total. The van der Waals surface area contributed by atoms with Crippen LogP contribution in [0.25, 0.3) is 0 Å². The second-order valence-corrected chi connectivity index (χ2v) is 6.54. The highest BCUT2D eigenvalue weighted by Gasteiger charge is 2.36. The number of hydrogen-bond donors (Lipinski definition) is 3. The molecule has 2 aliphatic heterocycles. The number of piperidine rings is 1. The van der Waals surface area contributed by atoms with Gasteiger partial charge in [0, 0.05) is 12.6 Å². The van der Waals surface area contributed by atoms with Gasteiger partial charge in [-0.3, -0.25) is 4.90 Å². The molecule has 10 nitrogen and oxygen atoms in total. The number of halogens is 1. The van der Waals surface area contributed by atoms with Crippen molar-refractivity contribution in [2.75, 3.05) is 19.6 Å². The van der Waals surface area contributed by atoms with Gasteiger partial charge < -0.3 is 15.5 Å². The van der Waals surface area contributed by atoms with E-state index >= 15 is 0 Å². The van der Waals surface area contributed by atoms with Gasteiger partial charge in [0.15, 0.2) is 5.82 Å². The Morgan fingerprint density at radius 2 is 1.71 bits per heavy atom. The smallest absolute Gasteiger partial charge is 0.414 e. The molecule has 0 bridgehead atoms. The standard InChI is InChI=1S/C15H19FN6.C2H2O4/c16-12-3-1-11(2-4-12)14-15-18-19-20-22(15)10-9-21(14)13-5-7-17-8-6-13;3-1(4)2(5)6/h1-4,13-14,17H,5-10H2;(H,3,4)(H,5,6). The highest BCUT2D eigenvalue weighted by Crippen LogP contribution is 2.33. The molecule has 1 fully saturated rings. The summed E-state index contributed by atoms with van der Waals surface area (Å²) in [6.45, 7) is 3.82. The van der Waals surface area contributed by atoms with Gasteiger partial charge in [0.1, 0.15) is 5.82 Å². The monoisotopic (exact) mass is 392 g/mol. The van der Waals surface area contributed by atoms with Crippen LogP contribution in [0.5, 0.6) is 0 Å². The molecule has 150 valence electrons. The maximum Gasteiger partial charge on any atom is 0.414 e. The molecule has 2 aromatic rings. The largest absolute Gasteiger partial charge is 0.473 e. The van der Waals surface area contributed by atoms with Crippen LogP contribution in [0.3, 0.4) is 0 Å². The average Bonchev–Trinajstić information content (AvgIpc) is 3.18. The van der Waals surface area contributed by atoms with E-state index < -0.39 is 11.9 Å². The molecular weight excluding hydrogens is 371 g/mol. The van der Waals surface area contributed by atoms with Crippen molar-refractivity contribution in [2.45, 2.75) is 31.5 Å². The average molecular weight is 392 g/mol. The Labute approximate surface area is 160 Å². The molecule has 1 saturated heterocycles. The van der Waals surface area contributed by atoms with E-state index in [-0.39, 0.29) is 11.9 Å². The van der Waals surface area contributed by atoms with Crippen molar-refractivity contribution in [1.29, 1.82) is 0 Å². The van der Waals surface area contributed by atoms with Crippen LogP contribution in [0.15, 0.2) is 24.3 Å². The van der Waals surface area contributed by atoms with Crippen LogP contribution in [0.1, 0.15) is 30.3 Å². The van der Waals surface area contributed by atoms with Crippen LogP contribution in [-0.2, 0) is 16.1 Å². The molecule has 0 saturated carbocycles. The van der Waals surface area contributed by atoms with Crippen LogP contribution in [0.4, 0.5) is 4.39 Å². The summed E-state index contributed by atoms with van der Waals surface area (Å²) in [7, 11) is 0. The Bertz CT molecular complexity index is 809. The first-order chi connectivity index (χ1) is 13.5. The van der Waals surface area contributed by atoms with Crippen molar-refractivity contribution >= 4 is 11.9 Å². The van der Waals surface area contributed by atoms with E-state index in [0.717, 1.165) is 50.4 Å². The lowest BCUT2D eigenvalue weighted by atomic mass is 9.96. The SMILES string of the molecule is Fc1ccc(C2c3nnnn3CCN2C2CCNCC2)cc1.O=C(O)C(=O)O. The highest BCUT2D eigenvalue weighted by atomic mass is 19.1. The first kappa shape index (κ1) is 19.8. The van der Waals surface area contributed by atoms with Crippen molar-refractivity contribution in [3.8, 4) is 0 Å². The summed E-state index contributed by atoms with van der Waals surface area (Å²) in [6.07, 6.45) is 2.25. The number of benzene rings is 1. The number of fused-ring (bicyclic) bond motifs is 1. The van der Waals surface area contributed by atoms with E-state index in [1.807, 2.05) is 16.8 Å². The maximum absolute atomic E-state index is 13.3. The second-order valence-electron chi connectivity index (χ2n) is 6.54. The molecule has 0 radical (unpaired) electrons. The number of carboxylic acid groups (broad SMARTS) is 2. The molecule has 1 unspecified atom stereocenters. The number of rotatable bonds is 2. The number of nitrogens with zero attached hydrogens (tertiary/aromatic N) is 5. The van der Waals surface area contributed by atoms with E-state index in [4.69, 9.17) is 19.8 Å². The zero-order chi connectivity index (χ0) is 20.1. The zero-order valence-electron chi connectivity index (χ0n) is 15.0. The normalized spacial score (nSPS) is 20.0. The Balaban J connectivity index is 0.000000330. The lowest BCUT2D eigenvalue weighted by Gasteiger charge is -2.42. The van der Waals surface area contributed by atoms with Gasteiger partial charge in [0.05, 0.1) is 12.6 Å². The molecule has 1 aromatic carbocycles. The first-order valence-electron chi connectivity index (χ1n) is 8.91. The molecule has 28 heavy (non-hydrogen) atoms. The van der Waals surface area contributed by atoms with Gasteiger partial charge in [-0.25, -0.2) is 18.7 Å². The van der Waals surface area contributed by atoms with E-state index in [9.17, 15) is 4.39 Å². The van der Waals surface area contributed by atoms with Gasteiger partial charge in [-0.05, 0) is 54.1 Å². The summed E-state index contributed by atoms with van der Waals surface area (Å²) in [4.78, 5) is 20.7. The quantitative estimate of drug-likeness (QED) is 0.610.